The van der Waals surface area contributed by atoms with E-state index in [0.717, 1.165) is 29.0 Å². The number of hydrogen-bond donors (Lipinski definition) is 1. The number of carbonyl (C=O) groups excluding carboxylic acids is 1. The molecule has 1 spiro atoms. The maximum absolute atomic E-state index is 11.8. The molecule has 2 aromatic rings. The molecule has 5 rings (SSSR count). The van der Waals surface area contributed by atoms with E-state index in [1.54, 1.807) is 19.1 Å². The van der Waals surface area contributed by atoms with Gasteiger partial charge in [-0.3, -0.25) is 4.79 Å². The lowest BCUT2D eigenvalue weighted by atomic mass is 9.90. The number of para-hydroxylation sites is 1. The molecule has 1 amide bonds. The van der Waals surface area contributed by atoms with Crippen molar-refractivity contribution in [3.63, 3.8) is 0 Å². The second-order valence-electron chi connectivity index (χ2n) is 7.75. The average molecular weight is 377 g/mol. The van der Waals surface area contributed by atoms with Gasteiger partial charge in [0.25, 0.3) is 0 Å². The molecule has 3 aliphatic heterocycles. The number of carbonyl (C=O) groups is 1. The van der Waals surface area contributed by atoms with Gasteiger partial charge in [-0.1, -0.05) is 30.3 Å². The largest absolute Gasteiger partial charge is 0.508 e. The molecule has 3 heterocycles. The van der Waals surface area contributed by atoms with Gasteiger partial charge in [-0.15, -0.1) is 0 Å². The molecule has 1 saturated heterocycles. The van der Waals surface area contributed by atoms with Gasteiger partial charge in [0.2, 0.25) is 11.6 Å². The van der Waals surface area contributed by atoms with Crippen LogP contribution in [0.25, 0.3) is 0 Å². The zero-order chi connectivity index (χ0) is 19.3. The Labute approximate surface area is 164 Å². The minimum Gasteiger partial charge on any atom is -0.508 e. The van der Waals surface area contributed by atoms with Crippen LogP contribution in [0.5, 0.6) is 11.5 Å². The number of rotatable bonds is 1. The number of ether oxygens (including phenoxy) is 1. The third-order valence-corrected chi connectivity index (χ3v) is 6.08. The normalized spacial score (nSPS) is 22.3. The van der Waals surface area contributed by atoms with E-state index in [4.69, 9.17) is 9.84 Å². The van der Waals surface area contributed by atoms with E-state index in [9.17, 15) is 9.90 Å². The van der Waals surface area contributed by atoms with Crippen molar-refractivity contribution in [1.82, 2.24) is 9.91 Å². The predicted molar refractivity (Wildman–Crippen MR) is 105 cm³/mol. The summed E-state index contributed by atoms with van der Waals surface area (Å²) < 4.78 is 6.54. The number of piperidine rings is 1. The van der Waals surface area contributed by atoms with E-state index in [1.165, 1.54) is 0 Å². The molecule has 28 heavy (non-hydrogen) atoms. The molecule has 1 atom stereocenters. The summed E-state index contributed by atoms with van der Waals surface area (Å²) >= 11 is 0. The number of benzene rings is 2. The van der Waals surface area contributed by atoms with Gasteiger partial charge in [-0.25, -0.2) is 5.01 Å². The fourth-order valence-corrected chi connectivity index (χ4v) is 4.59. The second-order valence-corrected chi connectivity index (χ2v) is 7.75. The SMILES string of the molecule is CC(=O)N1CCC2(CC1)Oc1ccccc1[C@H]1CC(c3cccc(O)c3)=NN12. The van der Waals surface area contributed by atoms with E-state index < -0.39 is 5.72 Å². The standard InChI is InChI=1S/C22H23N3O3/c1-15(26)24-11-9-22(10-12-24)25-20(18-7-2-3-8-21(18)28-22)14-19(23-25)16-5-4-6-17(27)13-16/h2-8,13,20,27H,9-12,14H2,1H3/t20-/m1/s1. The molecular formula is C22H23N3O3. The van der Waals surface area contributed by atoms with E-state index in [1.807, 2.05) is 35.2 Å². The van der Waals surface area contributed by atoms with Crippen LogP contribution in [0.4, 0.5) is 0 Å². The molecule has 0 unspecified atom stereocenters. The maximum atomic E-state index is 11.8. The topological polar surface area (TPSA) is 65.4 Å². The number of amides is 1. The van der Waals surface area contributed by atoms with Gasteiger partial charge in [-0.2, -0.15) is 5.10 Å². The summed E-state index contributed by atoms with van der Waals surface area (Å²) in [5.74, 6) is 1.26. The first kappa shape index (κ1) is 17.1. The predicted octanol–water partition coefficient (Wildman–Crippen LogP) is 3.27. The number of hydrogen-bond acceptors (Lipinski definition) is 5. The lowest BCUT2D eigenvalue weighted by molar-refractivity contribution is -0.158. The van der Waals surface area contributed by atoms with Crippen LogP contribution >= 0.6 is 0 Å². The Morgan fingerprint density at radius 3 is 2.71 bits per heavy atom. The number of nitrogens with zero attached hydrogens (tertiary/aromatic N) is 3. The van der Waals surface area contributed by atoms with Crippen LogP contribution in [0.15, 0.2) is 53.6 Å². The molecule has 2 aromatic carbocycles. The number of likely N-dealkylation sites (tertiary alicyclic amines) is 1. The molecule has 3 aliphatic rings. The number of aromatic hydroxyl groups is 1. The van der Waals surface area contributed by atoms with Crippen molar-refractivity contribution < 1.29 is 14.6 Å². The molecule has 0 radical (unpaired) electrons. The van der Waals surface area contributed by atoms with Crippen LogP contribution in [-0.2, 0) is 4.79 Å². The molecule has 6 nitrogen and oxygen atoms in total. The number of hydrazone groups is 1. The zero-order valence-electron chi connectivity index (χ0n) is 15.8. The van der Waals surface area contributed by atoms with Crippen LogP contribution < -0.4 is 4.74 Å². The van der Waals surface area contributed by atoms with Crippen molar-refractivity contribution in [3.8, 4) is 11.5 Å². The van der Waals surface area contributed by atoms with Crippen molar-refractivity contribution in [3.05, 3.63) is 59.7 Å². The van der Waals surface area contributed by atoms with Crippen LogP contribution in [0, 0.1) is 0 Å². The Morgan fingerprint density at radius 1 is 1.18 bits per heavy atom. The summed E-state index contributed by atoms with van der Waals surface area (Å²) in [5.41, 5.74) is 2.49. The lowest BCUT2D eigenvalue weighted by Crippen LogP contribution is -2.59. The summed E-state index contributed by atoms with van der Waals surface area (Å²) in [6, 6.07) is 15.5. The fraction of sp³-hybridized carbons (Fsp3) is 0.364. The van der Waals surface area contributed by atoms with Gasteiger partial charge < -0.3 is 14.7 Å². The van der Waals surface area contributed by atoms with E-state index >= 15 is 0 Å². The third-order valence-electron chi connectivity index (χ3n) is 6.08. The first-order valence-corrected chi connectivity index (χ1v) is 9.75. The van der Waals surface area contributed by atoms with Gasteiger partial charge in [0.05, 0.1) is 11.8 Å². The smallest absolute Gasteiger partial charge is 0.219 e. The average Bonchev–Trinajstić information content (AvgIpc) is 3.15. The number of phenols is 1. The van der Waals surface area contributed by atoms with E-state index in [2.05, 4.69) is 11.1 Å². The minimum absolute atomic E-state index is 0.103. The van der Waals surface area contributed by atoms with Crippen LogP contribution in [-0.4, -0.2) is 45.4 Å². The van der Waals surface area contributed by atoms with E-state index in [0.29, 0.717) is 25.9 Å². The summed E-state index contributed by atoms with van der Waals surface area (Å²) in [7, 11) is 0. The first-order valence-electron chi connectivity index (χ1n) is 9.75. The first-order chi connectivity index (χ1) is 13.6. The van der Waals surface area contributed by atoms with Gasteiger partial charge in [-0.05, 0) is 18.2 Å². The quantitative estimate of drug-likeness (QED) is 0.828. The summed E-state index contributed by atoms with van der Waals surface area (Å²) in [6.45, 7) is 2.95. The summed E-state index contributed by atoms with van der Waals surface area (Å²) in [4.78, 5) is 13.7. The van der Waals surface area contributed by atoms with Crippen molar-refractivity contribution in [1.29, 1.82) is 0 Å². The van der Waals surface area contributed by atoms with Gasteiger partial charge >= 0.3 is 0 Å². The third kappa shape index (κ3) is 2.63. The molecule has 0 saturated carbocycles. The molecule has 6 heteroatoms. The Kier molecular flexibility index (Phi) is 3.82. The van der Waals surface area contributed by atoms with Crippen molar-refractivity contribution in [2.45, 2.75) is 38.0 Å². The van der Waals surface area contributed by atoms with Gasteiger partial charge in [0, 0.05) is 50.4 Å². The molecule has 0 aromatic heterocycles. The van der Waals surface area contributed by atoms with Crippen molar-refractivity contribution in [2.24, 2.45) is 5.10 Å². The van der Waals surface area contributed by atoms with Crippen LogP contribution in [0.1, 0.15) is 43.4 Å². The molecule has 1 N–H and O–H groups in total. The Balaban J connectivity index is 1.54. The van der Waals surface area contributed by atoms with Crippen molar-refractivity contribution in [2.75, 3.05) is 13.1 Å². The molecule has 1 fully saturated rings. The Hall–Kier alpha value is -3.02. The highest BCUT2D eigenvalue weighted by molar-refractivity contribution is 6.02. The zero-order valence-corrected chi connectivity index (χ0v) is 15.8. The monoisotopic (exact) mass is 377 g/mol. The highest BCUT2D eigenvalue weighted by Crippen LogP contribution is 2.49. The number of phenolic OH excluding ortho intramolecular Hbond substituents is 1. The summed E-state index contributed by atoms with van der Waals surface area (Å²) in [6.07, 6.45) is 2.20. The maximum Gasteiger partial charge on any atom is 0.219 e. The van der Waals surface area contributed by atoms with Gasteiger partial charge in [0.15, 0.2) is 0 Å². The lowest BCUT2D eigenvalue weighted by Gasteiger charge is -2.51. The van der Waals surface area contributed by atoms with E-state index in [-0.39, 0.29) is 17.7 Å². The molecule has 0 bridgehead atoms. The Morgan fingerprint density at radius 2 is 1.96 bits per heavy atom. The molecular weight excluding hydrogens is 354 g/mol. The minimum atomic E-state index is -0.538. The number of fused-ring (bicyclic) bond motifs is 4. The summed E-state index contributed by atoms with van der Waals surface area (Å²) in [5, 5.41) is 17.0. The molecule has 0 aliphatic carbocycles. The highest BCUT2D eigenvalue weighted by Gasteiger charge is 2.52. The Bertz CT molecular complexity index is 963. The molecule has 144 valence electrons. The van der Waals surface area contributed by atoms with Crippen molar-refractivity contribution >= 4 is 11.6 Å². The second kappa shape index (κ2) is 6.26. The van der Waals surface area contributed by atoms with Crippen LogP contribution in [0.2, 0.25) is 0 Å². The highest BCUT2D eigenvalue weighted by atomic mass is 16.5. The van der Waals surface area contributed by atoms with Crippen LogP contribution in [0.3, 0.4) is 0 Å². The fourth-order valence-electron chi connectivity index (χ4n) is 4.59. The van der Waals surface area contributed by atoms with Gasteiger partial charge in [0.1, 0.15) is 11.5 Å².